The summed E-state index contributed by atoms with van der Waals surface area (Å²) in [6.07, 6.45) is 4.13. The number of nitrogens with zero attached hydrogens (tertiary/aromatic N) is 2. The fourth-order valence-electron chi connectivity index (χ4n) is 2.99. The molecule has 0 spiro atoms. The number of aryl methyl sites for hydroxylation is 1. The highest BCUT2D eigenvalue weighted by molar-refractivity contribution is 6.02. The van der Waals surface area contributed by atoms with E-state index < -0.39 is 11.5 Å². The van der Waals surface area contributed by atoms with E-state index in [0.29, 0.717) is 30.5 Å². The number of benzene rings is 1. The zero-order valence-electron chi connectivity index (χ0n) is 15.9. The molecule has 26 heavy (non-hydrogen) atoms. The van der Waals surface area contributed by atoms with Crippen molar-refractivity contribution in [3.8, 4) is 5.75 Å². The van der Waals surface area contributed by atoms with Crippen molar-refractivity contribution < 1.29 is 9.90 Å². The fraction of sp³-hybridized carbons (Fsp3) is 0.500. The average molecular weight is 359 g/mol. The Labute approximate surface area is 154 Å². The maximum atomic E-state index is 12.9. The Kier molecular flexibility index (Phi) is 7.21. The molecule has 1 aromatic carbocycles. The van der Waals surface area contributed by atoms with Gasteiger partial charge in [-0.15, -0.1) is 0 Å². The molecule has 2 rings (SSSR count). The van der Waals surface area contributed by atoms with Crippen LogP contribution in [-0.4, -0.2) is 47.7 Å². The highest BCUT2D eigenvalue weighted by Gasteiger charge is 2.21. The Balaban J connectivity index is 2.40. The summed E-state index contributed by atoms with van der Waals surface area (Å²) < 4.78 is 1.62. The average Bonchev–Trinajstić information content (AvgIpc) is 2.61. The van der Waals surface area contributed by atoms with E-state index >= 15 is 0 Å². The van der Waals surface area contributed by atoms with Gasteiger partial charge in [-0.25, -0.2) is 0 Å². The van der Waals surface area contributed by atoms with Gasteiger partial charge in [0.25, 0.3) is 11.5 Å². The van der Waals surface area contributed by atoms with Crippen LogP contribution in [0.15, 0.2) is 29.1 Å². The maximum absolute atomic E-state index is 12.9. The molecule has 0 saturated heterocycles. The molecule has 0 aliphatic heterocycles. The van der Waals surface area contributed by atoms with Crippen LogP contribution < -0.4 is 10.9 Å². The second kappa shape index (κ2) is 9.38. The number of para-hydroxylation sites is 1. The van der Waals surface area contributed by atoms with Crippen LogP contribution in [0.1, 0.15) is 43.0 Å². The normalized spacial score (nSPS) is 11.2. The van der Waals surface area contributed by atoms with Gasteiger partial charge >= 0.3 is 0 Å². The number of fused-ring (bicyclic) bond motifs is 1. The Bertz CT molecular complexity index is 812. The third kappa shape index (κ3) is 4.64. The van der Waals surface area contributed by atoms with E-state index in [1.807, 2.05) is 31.1 Å². The van der Waals surface area contributed by atoms with Crippen LogP contribution in [0.25, 0.3) is 10.9 Å². The van der Waals surface area contributed by atoms with Crippen molar-refractivity contribution >= 4 is 16.8 Å². The van der Waals surface area contributed by atoms with Gasteiger partial charge < -0.3 is 19.9 Å². The van der Waals surface area contributed by atoms with Crippen molar-refractivity contribution in [2.45, 2.75) is 39.2 Å². The number of likely N-dealkylation sites (N-methyl/N-ethyl adjacent to an activating group) is 1. The Morgan fingerprint density at radius 1 is 1.19 bits per heavy atom. The number of hydrogen-bond acceptors (Lipinski definition) is 4. The maximum Gasteiger partial charge on any atom is 0.267 e. The number of carbonyl (C=O) groups is 1. The van der Waals surface area contributed by atoms with Gasteiger partial charge in [-0.1, -0.05) is 38.3 Å². The van der Waals surface area contributed by atoms with Gasteiger partial charge in [0.2, 0.25) is 0 Å². The number of rotatable bonds is 9. The Hall–Kier alpha value is -2.34. The van der Waals surface area contributed by atoms with Crippen LogP contribution in [-0.2, 0) is 6.54 Å². The van der Waals surface area contributed by atoms with Crippen molar-refractivity contribution in [3.63, 3.8) is 0 Å². The molecule has 142 valence electrons. The quantitative estimate of drug-likeness (QED) is 0.675. The molecular weight excluding hydrogens is 330 g/mol. The molecule has 2 N–H and O–H groups in total. The van der Waals surface area contributed by atoms with Crippen molar-refractivity contribution in [2.75, 3.05) is 27.2 Å². The van der Waals surface area contributed by atoms with Crippen LogP contribution in [0.2, 0.25) is 0 Å². The number of aromatic nitrogens is 1. The second-order valence-corrected chi connectivity index (χ2v) is 6.82. The molecule has 1 aromatic heterocycles. The molecule has 1 heterocycles. The third-order valence-corrected chi connectivity index (χ3v) is 4.45. The first-order valence-corrected chi connectivity index (χ1v) is 9.24. The lowest BCUT2D eigenvalue weighted by atomic mass is 10.1. The first kappa shape index (κ1) is 20.0. The van der Waals surface area contributed by atoms with E-state index in [-0.39, 0.29) is 11.3 Å². The van der Waals surface area contributed by atoms with Crippen LogP contribution in [0, 0.1) is 0 Å². The molecule has 2 aromatic rings. The molecule has 6 nitrogen and oxygen atoms in total. The lowest BCUT2D eigenvalue weighted by Gasteiger charge is -2.15. The summed E-state index contributed by atoms with van der Waals surface area (Å²) >= 11 is 0. The summed E-state index contributed by atoms with van der Waals surface area (Å²) in [5, 5.41) is 13.8. The van der Waals surface area contributed by atoms with Crippen molar-refractivity contribution in [2.24, 2.45) is 0 Å². The monoisotopic (exact) mass is 359 g/mol. The predicted molar refractivity (Wildman–Crippen MR) is 105 cm³/mol. The molecule has 1 amide bonds. The summed E-state index contributed by atoms with van der Waals surface area (Å²) in [6, 6.07) is 7.18. The standard InChI is InChI=1S/C20H29N3O3/c1-4-5-6-9-13-23-16-11-8-7-10-15(16)18(24)17(20(23)26)19(25)21-12-14-22(2)3/h7-8,10-11,24H,4-6,9,12-14H2,1-3H3,(H,21,25). The summed E-state index contributed by atoms with van der Waals surface area (Å²) in [7, 11) is 3.81. The summed E-state index contributed by atoms with van der Waals surface area (Å²) in [6.45, 7) is 3.75. The summed E-state index contributed by atoms with van der Waals surface area (Å²) in [5.74, 6) is -0.764. The number of amides is 1. The Morgan fingerprint density at radius 2 is 1.92 bits per heavy atom. The molecule has 0 atom stereocenters. The first-order valence-electron chi connectivity index (χ1n) is 9.24. The molecule has 0 bridgehead atoms. The first-order chi connectivity index (χ1) is 12.5. The van der Waals surface area contributed by atoms with Crippen molar-refractivity contribution in [1.29, 1.82) is 0 Å². The lowest BCUT2D eigenvalue weighted by molar-refractivity contribution is 0.0946. The SMILES string of the molecule is CCCCCCn1c(=O)c(C(=O)NCCN(C)C)c(O)c2ccccc21. The lowest BCUT2D eigenvalue weighted by Crippen LogP contribution is -2.36. The van der Waals surface area contributed by atoms with E-state index in [4.69, 9.17) is 0 Å². The topological polar surface area (TPSA) is 74.6 Å². The molecule has 0 aliphatic carbocycles. The van der Waals surface area contributed by atoms with Crippen LogP contribution >= 0.6 is 0 Å². The highest BCUT2D eigenvalue weighted by Crippen LogP contribution is 2.26. The van der Waals surface area contributed by atoms with E-state index in [1.54, 1.807) is 16.7 Å². The summed E-state index contributed by atoms with van der Waals surface area (Å²) in [4.78, 5) is 27.4. The second-order valence-electron chi connectivity index (χ2n) is 6.82. The molecule has 0 aliphatic rings. The molecular formula is C20H29N3O3. The largest absolute Gasteiger partial charge is 0.506 e. The van der Waals surface area contributed by atoms with E-state index in [0.717, 1.165) is 25.7 Å². The van der Waals surface area contributed by atoms with E-state index in [2.05, 4.69) is 12.2 Å². The van der Waals surface area contributed by atoms with Gasteiger partial charge in [0.05, 0.1) is 5.52 Å². The van der Waals surface area contributed by atoms with Crippen LogP contribution in [0.4, 0.5) is 0 Å². The number of hydrogen-bond donors (Lipinski definition) is 2. The van der Waals surface area contributed by atoms with Crippen LogP contribution in [0.5, 0.6) is 5.75 Å². The van der Waals surface area contributed by atoms with Gasteiger partial charge in [0, 0.05) is 25.0 Å². The van der Waals surface area contributed by atoms with Gasteiger partial charge in [0.1, 0.15) is 11.3 Å². The number of nitrogens with one attached hydrogen (secondary N) is 1. The van der Waals surface area contributed by atoms with E-state index in [1.165, 1.54) is 0 Å². The van der Waals surface area contributed by atoms with Crippen molar-refractivity contribution in [3.05, 3.63) is 40.2 Å². The van der Waals surface area contributed by atoms with Gasteiger partial charge in [-0.2, -0.15) is 0 Å². The van der Waals surface area contributed by atoms with Crippen molar-refractivity contribution in [1.82, 2.24) is 14.8 Å². The minimum absolute atomic E-state index is 0.169. The van der Waals surface area contributed by atoms with Gasteiger partial charge in [-0.05, 0) is 32.6 Å². The zero-order chi connectivity index (χ0) is 19.1. The minimum Gasteiger partial charge on any atom is -0.506 e. The zero-order valence-corrected chi connectivity index (χ0v) is 15.9. The van der Waals surface area contributed by atoms with E-state index in [9.17, 15) is 14.7 Å². The number of unbranched alkanes of at least 4 members (excludes halogenated alkanes) is 3. The molecule has 0 saturated carbocycles. The molecule has 0 unspecified atom stereocenters. The minimum atomic E-state index is -0.526. The predicted octanol–water partition coefficient (Wildman–Crippen LogP) is 2.58. The number of aromatic hydroxyl groups is 1. The third-order valence-electron chi connectivity index (χ3n) is 4.45. The fourth-order valence-corrected chi connectivity index (χ4v) is 2.99. The van der Waals surface area contributed by atoms with Gasteiger partial charge in [-0.3, -0.25) is 9.59 Å². The summed E-state index contributed by atoms with van der Waals surface area (Å²) in [5.41, 5.74) is 0.0642. The Morgan fingerprint density at radius 3 is 2.62 bits per heavy atom. The van der Waals surface area contributed by atoms with Gasteiger partial charge in [0.15, 0.2) is 0 Å². The van der Waals surface area contributed by atoms with Crippen LogP contribution in [0.3, 0.4) is 0 Å². The number of pyridine rings is 1. The number of carbonyl (C=O) groups excluding carboxylic acids is 1. The molecule has 6 heteroatoms. The molecule has 0 fully saturated rings. The molecule has 0 radical (unpaired) electrons. The highest BCUT2D eigenvalue weighted by atomic mass is 16.3. The smallest absolute Gasteiger partial charge is 0.267 e.